The van der Waals surface area contributed by atoms with E-state index in [9.17, 15) is 9.90 Å². The minimum absolute atomic E-state index is 0.264. The van der Waals surface area contributed by atoms with Gasteiger partial charge >= 0.3 is 0 Å². The number of carbonyl (C=O) groups is 1. The zero-order valence-electron chi connectivity index (χ0n) is 14.3. The normalized spacial score (nSPS) is 20.4. The third-order valence-corrected chi connectivity index (χ3v) is 5.21. The first-order valence-electron chi connectivity index (χ1n) is 9.03. The van der Waals surface area contributed by atoms with Crippen LogP contribution in [0.2, 0.25) is 0 Å². The molecule has 0 aliphatic carbocycles. The molecule has 2 aliphatic heterocycles. The van der Waals surface area contributed by atoms with Gasteiger partial charge in [0.2, 0.25) is 5.91 Å². The van der Waals surface area contributed by atoms with Crippen LogP contribution in [0, 0.1) is 5.92 Å². The molecule has 6 heteroatoms. The van der Waals surface area contributed by atoms with Crippen LogP contribution in [-0.2, 0) is 4.79 Å². The van der Waals surface area contributed by atoms with Crippen molar-refractivity contribution in [3.63, 3.8) is 0 Å². The van der Waals surface area contributed by atoms with Crippen LogP contribution < -0.4 is 4.90 Å². The minimum Gasteiger partial charge on any atom is -0.396 e. The van der Waals surface area contributed by atoms with E-state index in [1.165, 1.54) is 0 Å². The molecule has 2 saturated heterocycles. The summed E-state index contributed by atoms with van der Waals surface area (Å²) in [7, 11) is 0. The molecule has 0 spiro atoms. The Bertz CT molecular complexity index is 509. The number of pyridine rings is 1. The fraction of sp³-hybridized carbons (Fsp3) is 0.667. The van der Waals surface area contributed by atoms with Gasteiger partial charge in [-0.3, -0.25) is 4.79 Å². The molecule has 2 fully saturated rings. The van der Waals surface area contributed by atoms with Gasteiger partial charge in [-0.1, -0.05) is 6.07 Å². The number of aliphatic hydroxyl groups is 1. The molecular weight excluding hydrogens is 304 g/mol. The van der Waals surface area contributed by atoms with E-state index in [1.54, 1.807) is 0 Å². The molecule has 6 nitrogen and oxygen atoms in total. The van der Waals surface area contributed by atoms with Gasteiger partial charge in [0.25, 0.3) is 0 Å². The van der Waals surface area contributed by atoms with Crippen molar-refractivity contribution in [3.8, 4) is 0 Å². The fourth-order valence-corrected chi connectivity index (χ4v) is 3.53. The summed E-state index contributed by atoms with van der Waals surface area (Å²) in [5, 5.41) is 9.18. The van der Waals surface area contributed by atoms with E-state index in [2.05, 4.69) is 14.8 Å². The Morgan fingerprint density at radius 2 is 1.88 bits per heavy atom. The van der Waals surface area contributed by atoms with Gasteiger partial charge in [-0.05, 0) is 44.0 Å². The molecule has 1 aromatic heterocycles. The summed E-state index contributed by atoms with van der Waals surface area (Å²) in [6.45, 7) is 6.42. The molecule has 3 rings (SSSR count). The molecular formula is C18H28N4O2. The van der Waals surface area contributed by atoms with Crippen LogP contribution in [0.3, 0.4) is 0 Å². The average molecular weight is 332 g/mol. The Balaban J connectivity index is 1.38. The third-order valence-electron chi connectivity index (χ3n) is 5.21. The number of nitrogens with zero attached hydrogens (tertiary/aromatic N) is 4. The highest BCUT2D eigenvalue weighted by Crippen LogP contribution is 2.17. The number of anilines is 1. The topological polar surface area (TPSA) is 59.9 Å². The van der Waals surface area contributed by atoms with E-state index in [4.69, 9.17) is 0 Å². The maximum atomic E-state index is 12.4. The van der Waals surface area contributed by atoms with E-state index >= 15 is 0 Å². The first-order chi connectivity index (χ1) is 11.8. The number of aromatic nitrogens is 1. The zero-order valence-corrected chi connectivity index (χ0v) is 14.3. The van der Waals surface area contributed by atoms with Crippen molar-refractivity contribution < 1.29 is 9.90 Å². The smallest absolute Gasteiger partial charge is 0.223 e. The number of rotatable bonds is 5. The van der Waals surface area contributed by atoms with Gasteiger partial charge in [0, 0.05) is 51.9 Å². The number of piperazine rings is 1. The monoisotopic (exact) mass is 332 g/mol. The summed E-state index contributed by atoms with van der Waals surface area (Å²) in [6, 6.07) is 5.94. The highest BCUT2D eigenvalue weighted by molar-refractivity contribution is 5.76. The van der Waals surface area contributed by atoms with Crippen LogP contribution in [0.25, 0.3) is 0 Å². The predicted molar refractivity (Wildman–Crippen MR) is 93.9 cm³/mol. The van der Waals surface area contributed by atoms with Crippen molar-refractivity contribution in [1.29, 1.82) is 0 Å². The standard InChI is InChI=1S/C18H28N4O2/c23-15-16-4-8-20(9-5-16)10-6-18(24)22-13-11-21(12-14-22)17-3-1-2-7-19-17/h1-3,7,16,23H,4-6,8-15H2. The average Bonchev–Trinajstić information content (AvgIpc) is 2.67. The SMILES string of the molecule is O=C(CCN1CCC(CO)CC1)N1CCN(c2ccccn2)CC1. The second-order valence-corrected chi connectivity index (χ2v) is 6.77. The number of hydrogen-bond acceptors (Lipinski definition) is 5. The molecule has 0 radical (unpaired) electrons. The maximum Gasteiger partial charge on any atom is 0.223 e. The molecule has 0 aromatic carbocycles. The lowest BCUT2D eigenvalue weighted by atomic mass is 9.98. The molecule has 1 aromatic rings. The van der Waals surface area contributed by atoms with Gasteiger partial charge in [0.15, 0.2) is 0 Å². The number of likely N-dealkylation sites (tertiary alicyclic amines) is 1. The van der Waals surface area contributed by atoms with Crippen molar-refractivity contribution in [2.75, 3.05) is 57.3 Å². The second-order valence-electron chi connectivity index (χ2n) is 6.77. The Labute approximate surface area is 144 Å². The van der Waals surface area contributed by atoms with Crippen LogP contribution in [0.4, 0.5) is 5.82 Å². The van der Waals surface area contributed by atoms with E-state index in [0.717, 1.165) is 64.5 Å². The third kappa shape index (κ3) is 4.45. The van der Waals surface area contributed by atoms with Crippen molar-refractivity contribution in [2.24, 2.45) is 5.92 Å². The number of amides is 1. The minimum atomic E-state index is 0.264. The Kier molecular flexibility index (Phi) is 6.04. The summed E-state index contributed by atoms with van der Waals surface area (Å²) in [6.07, 6.45) is 4.51. The summed E-state index contributed by atoms with van der Waals surface area (Å²) >= 11 is 0. The fourth-order valence-electron chi connectivity index (χ4n) is 3.53. The molecule has 0 unspecified atom stereocenters. The molecule has 0 saturated carbocycles. The van der Waals surface area contributed by atoms with Gasteiger partial charge in [0.05, 0.1) is 0 Å². The molecule has 1 amide bonds. The Morgan fingerprint density at radius 1 is 1.12 bits per heavy atom. The zero-order chi connectivity index (χ0) is 16.8. The van der Waals surface area contributed by atoms with Gasteiger partial charge in [-0.25, -0.2) is 4.98 Å². The molecule has 2 aliphatic rings. The van der Waals surface area contributed by atoms with Gasteiger partial charge in [-0.15, -0.1) is 0 Å². The van der Waals surface area contributed by atoms with Crippen molar-refractivity contribution in [3.05, 3.63) is 24.4 Å². The largest absolute Gasteiger partial charge is 0.396 e. The number of hydrogen-bond donors (Lipinski definition) is 1. The Hall–Kier alpha value is -1.66. The van der Waals surface area contributed by atoms with Crippen molar-refractivity contribution in [2.45, 2.75) is 19.3 Å². The first-order valence-corrected chi connectivity index (χ1v) is 9.03. The quantitative estimate of drug-likeness (QED) is 0.865. The lowest BCUT2D eigenvalue weighted by Gasteiger charge is -2.36. The van der Waals surface area contributed by atoms with E-state index < -0.39 is 0 Å². The molecule has 132 valence electrons. The Morgan fingerprint density at radius 3 is 2.50 bits per heavy atom. The van der Waals surface area contributed by atoms with Crippen molar-refractivity contribution >= 4 is 11.7 Å². The van der Waals surface area contributed by atoms with Crippen LogP contribution in [0.5, 0.6) is 0 Å². The highest BCUT2D eigenvalue weighted by atomic mass is 16.3. The van der Waals surface area contributed by atoms with Gasteiger partial charge < -0.3 is 19.8 Å². The molecule has 24 heavy (non-hydrogen) atoms. The van der Waals surface area contributed by atoms with Crippen LogP contribution >= 0.6 is 0 Å². The van der Waals surface area contributed by atoms with Crippen LogP contribution in [0.15, 0.2) is 24.4 Å². The number of piperidine rings is 1. The first kappa shape index (κ1) is 17.2. The lowest BCUT2D eigenvalue weighted by molar-refractivity contribution is -0.131. The molecule has 1 N–H and O–H groups in total. The number of carbonyl (C=O) groups excluding carboxylic acids is 1. The molecule has 3 heterocycles. The van der Waals surface area contributed by atoms with E-state index in [-0.39, 0.29) is 5.91 Å². The maximum absolute atomic E-state index is 12.4. The summed E-state index contributed by atoms with van der Waals surface area (Å²) in [4.78, 5) is 23.4. The van der Waals surface area contributed by atoms with Crippen LogP contribution in [0.1, 0.15) is 19.3 Å². The summed E-state index contributed by atoms with van der Waals surface area (Å²) in [5.41, 5.74) is 0. The second kappa shape index (κ2) is 8.44. The summed E-state index contributed by atoms with van der Waals surface area (Å²) < 4.78 is 0. The van der Waals surface area contributed by atoms with Crippen LogP contribution in [-0.4, -0.2) is 78.2 Å². The molecule has 0 bridgehead atoms. The molecule has 0 atom stereocenters. The summed E-state index contributed by atoms with van der Waals surface area (Å²) in [5.74, 6) is 1.72. The van der Waals surface area contributed by atoms with Gasteiger partial charge in [0.1, 0.15) is 5.82 Å². The number of aliphatic hydroxyl groups excluding tert-OH is 1. The van der Waals surface area contributed by atoms with E-state index in [1.807, 2.05) is 29.3 Å². The predicted octanol–water partition coefficient (Wildman–Crippen LogP) is 0.825. The highest BCUT2D eigenvalue weighted by Gasteiger charge is 2.23. The van der Waals surface area contributed by atoms with E-state index in [0.29, 0.717) is 18.9 Å². The van der Waals surface area contributed by atoms with Gasteiger partial charge in [-0.2, -0.15) is 0 Å². The lowest BCUT2D eigenvalue weighted by Crippen LogP contribution is -2.49. The van der Waals surface area contributed by atoms with Crippen molar-refractivity contribution in [1.82, 2.24) is 14.8 Å².